The van der Waals surface area contributed by atoms with Gasteiger partial charge in [0.2, 0.25) is 5.95 Å². The maximum Gasteiger partial charge on any atom is 0.229 e. The number of aromatic nitrogens is 4. The van der Waals surface area contributed by atoms with Crippen LogP contribution in [0.4, 0.5) is 28.8 Å². The predicted octanol–water partition coefficient (Wildman–Crippen LogP) is 5.57. The van der Waals surface area contributed by atoms with E-state index in [2.05, 4.69) is 61.4 Å². The Hall–Kier alpha value is -3.79. The molecule has 4 aromatic rings. The summed E-state index contributed by atoms with van der Waals surface area (Å²) in [5.41, 5.74) is 6.37. The minimum absolute atomic E-state index is 0.404. The van der Waals surface area contributed by atoms with E-state index < -0.39 is 7.14 Å². The van der Waals surface area contributed by atoms with Crippen molar-refractivity contribution >= 4 is 52.3 Å². The Labute approximate surface area is 277 Å². The van der Waals surface area contributed by atoms with E-state index in [-0.39, 0.29) is 0 Å². The first kappa shape index (κ1) is 31.8. The second-order valence-electron chi connectivity index (χ2n) is 13.7. The first-order valence-electron chi connectivity index (χ1n) is 16.7. The molecule has 2 saturated heterocycles. The van der Waals surface area contributed by atoms with Gasteiger partial charge in [0.05, 0.1) is 29.3 Å². The number of aryl methyl sites for hydroxylation is 1. The van der Waals surface area contributed by atoms with Crippen molar-refractivity contribution in [3.05, 3.63) is 54.0 Å². The number of hydrogen-bond acceptors (Lipinski definition) is 11. The third kappa shape index (κ3) is 6.80. The third-order valence-electron chi connectivity index (χ3n) is 9.86. The molecule has 1 aliphatic carbocycles. The van der Waals surface area contributed by atoms with Crippen LogP contribution in [-0.4, -0.2) is 103 Å². The van der Waals surface area contributed by atoms with Crippen molar-refractivity contribution in [1.29, 1.82) is 0 Å². The highest BCUT2D eigenvalue weighted by atomic mass is 31.2. The maximum absolute atomic E-state index is 13.6. The maximum atomic E-state index is 13.6. The summed E-state index contributed by atoms with van der Waals surface area (Å²) in [7, 11) is 1.20. The molecule has 3 fully saturated rings. The number of rotatable bonds is 9. The molecule has 0 radical (unpaired) electrons. The minimum Gasteiger partial charge on any atom is -0.494 e. The average Bonchev–Trinajstić information content (AvgIpc) is 3.91. The Kier molecular flexibility index (Phi) is 8.80. The van der Waals surface area contributed by atoms with Gasteiger partial charge in [-0.05, 0) is 82.7 Å². The van der Waals surface area contributed by atoms with E-state index in [1.807, 2.05) is 18.3 Å². The highest BCUT2D eigenvalue weighted by Crippen LogP contribution is 2.45. The fourth-order valence-electron chi connectivity index (χ4n) is 7.10. The normalized spacial score (nSPS) is 18.4. The van der Waals surface area contributed by atoms with Crippen LogP contribution in [0.1, 0.15) is 42.7 Å². The van der Waals surface area contributed by atoms with Gasteiger partial charge in [0, 0.05) is 81.2 Å². The van der Waals surface area contributed by atoms with Gasteiger partial charge in [-0.2, -0.15) is 4.98 Å². The summed E-state index contributed by atoms with van der Waals surface area (Å²) in [6, 6.07) is 8.79. The molecule has 1 saturated carbocycles. The Morgan fingerprint density at radius 1 is 0.894 bits per heavy atom. The molecule has 0 spiro atoms. The number of ether oxygens (including phenoxy) is 1. The zero-order valence-electron chi connectivity index (χ0n) is 28.2. The molecule has 47 heavy (non-hydrogen) atoms. The summed E-state index contributed by atoms with van der Waals surface area (Å²) in [5.74, 6) is 2.33. The van der Waals surface area contributed by atoms with Gasteiger partial charge in [0.25, 0.3) is 0 Å². The monoisotopic (exact) mass is 655 g/mol. The lowest BCUT2D eigenvalue weighted by Crippen LogP contribution is -2.52. The predicted molar refractivity (Wildman–Crippen MR) is 191 cm³/mol. The molecular formula is C35H46N9O2P. The van der Waals surface area contributed by atoms with Crippen LogP contribution >= 0.6 is 7.14 Å². The van der Waals surface area contributed by atoms with Gasteiger partial charge in [0.1, 0.15) is 24.2 Å². The topological polar surface area (TPSA) is 112 Å². The number of nitrogens with zero attached hydrogens (tertiary/aromatic N) is 7. The molecule has 11 nitrogen and oxygen atoms in total. The SMILES string of the molecule is COc1cc(N2CCC(N3CCN(C)CC3)CC2)c(C)cc1Nc1ncc(C2CC2)c(Nc2ccc3nccnc3c2P(C)(C)=O)n1. The summed E-state index contributed by atoms with van der Waals surface area (Å²) in [6.07, 6.45) is 9.77. The largest absolute Gasteiger partial charge is 0.494 e. The minimum atomic E-state index is -2.72. The molecule has 248 valence electrons. The number of hydrogen-bond donors (Lipinski definition) is 2. The Balaban J connectivity index is 1.13. The van der Waals surface area contributed by atoms with Gasteiger partial charge in [-0.15, -0.1) is 0 Å². The highest BCUT2D eigenvalue weighted by Gasteiger charge is 2.30. The molecule has 12 heteroatoms. The van der Waals surface area contributed by atoms with Crippen LogP contribution in [0.25, 0.3) is 11.0 Å². The number of piperidine rings is 1. The van der Waals surface area contributed by atoms with Crippen molar-refractivity contribution in [3.8, 4) is 5.75 Å². The number of anilines is 5. The van der Waals surface area contributed by atoms with E-state index in [0.717, 1.165) is 67.2 Å². The van der Waals surface area contributed by atoms with Crippen LogP contribution in [0.15, 0.2) is 42.9 Å². The van der Waals surface area contributed by atoms with E-state index in [1.54, 1.807) is 32.8 Å². The Morgan fingerprint density at radius 2 is 1.64 bits per heavy atom. The van der Waals surface area contributed by atoms with E-state index in [0.29, 0.717) is 34.5 Å². The summed E-state index contributed by atoms with van der Waals surface area (Å²) in [5, 5.41) is 7.65. The molecule has 0 amide bonds. The number of nitrogens with one attached hydrogen (secondary N) is 2. The van der Waals surface area contributed by atoms with Gasteiger partial charge in [-0.1, -0.05) is 0 Å². The second kappa shape index (κ2) is 13.0. The lowest BCUT2D eigenvalue weighted by atomic mass is 10.0. The fourth-order valence-corrected chi connectivity index (χ4v) is 8.50. The smallest absolute Gasteiger partial charge is 0.229 e. The molecule has 2 N–H and O–H groups in total. The zero-order chi connectivity index (χ0) is 32.7. The van der Waals surface area contributed by atoms with Gasteiger partial charge in [-0.3, -0.25) is 14.9 Å². The van der Waals surface area contributed by atoms with Crippen LogP contribution < -0.4 is 25.6 Å². The van der Waals surface area contributed by atoms with Crippen LogP contribution in [0.2, 0.25) is 0 Å². The van der Waals surface area contributed by atoms with Crippen LogP contribution in [-0.2, 0) is 4.57 Å². The molecule has 4 heterocycles. The highest BCUT2D eigenvalue weighted by molar-refractivity contribution is 7.71. The summed E-state index contributed by atoms with van der Waals surface area (Å²) in [6.45, 7) is 12.4. The fraction of sp³-hybridized carbons (Fsp3) is 0.486. The van der Waals surface area contributed by atoms with E-state index in [4.69, 9.17) is 14.7 Å². The van der Waals surface area contributed by atoms with E-state index in [9.17, 15) is 4.57 Å². The number of methoxy groups -OCH3 is 1. The first-order valence-corrected chi connectivity index (χ1v) is 19.3. The van der Waals surface area contributed by atoms with Gasteiger partial charge < -0.3 is 29.7 Å². The average molecular weight is 656 g/mol. The van der Waals surface area contributed by atoms with Gasteiger partial charge in [0.15, 0.2) is 0 Å². The van der Waals surface area contributed by atoms with Crippen molar-refractivity contribution in [1.82, 2.24) is 29.7 Å². The van der Waals surface area contributed by atoms with Gasteiger partial charge in [-0.25, -0.2) is 4.98 Å². The summed E-state index contributed by atoms with van der Waals surface area (Å²) >= 11 is 0. The zero-order valence-corrected chi connectivity index (χ0v) is 29.1. The van der Waals surface area contributed by atoms with Crippen molar-refractivity contribution in [3.63, 3.8) is 0 Å². The van der Waals surface area contributed by atoms with Crippen LogP contribution in [0.3, 0.4) is 0 Å². The molecule has 2 aliphatic heterocycles. The Bertz CT molecular complexity index is 1810. The number of fused-ring (bicyclic) bond motifs is 1. The second-order valence-corrected chi connectivity index (χ2v) is 16.8. The van der Waals surface area contributed by atoms with E-state index in [1.165, 1.54) is 37.2 Å². The van der Waals surface area contributed by atoms with Crippen molar-refractivity contribution in [2.24, 2.45) is 0 Å². The lowest BCUT2D eigenvalue weighted by molar-refractivity contribution is 0.0982. The van der Waals surface area contributed by atoms with Crippen molar-refractivity contribution < 1.29 is 9.30 Å². The molecule has 2 aromatic heterocycles. The van der Waals surface area contributed by atoms with Crippen LogP contribution in [0, 0.1) is 6.92 Å². The summed E-state index contributed by atoms with van der Waals surface area (Å²) < 4.78 is 19.5. The van der Waals surface area contributed by atoms with E-state index >= 15 is 0 Å². The first-order chi connectivity index (χ1) is 22.7. The standard InChI is InChI=1S/C35H46N9O2P/c1-23-20-29(31(46-3)21-30(23)44-14-10-25(11-15-44)43-18-16-42(2)17-19-43)40-35-38-22-26(24-6-7-24)34(41-35)39-28-9-8-27-32(37-13-12-36-27)33(28)47(4,5)45/h8-9,12-13,20-22,24-25H,6-7,10-11,14-19H2,1-5H3,(H2,38,39,40,41). The molecule has 2 aromatic carbocycles. The number of benzene rings is 2. The van der Waals surface area contributed by atoms with Crippen molar-refractivity contribution in [2.75, 3.05) is 82.3 Å². The summed E-state index contributed by atoms with van der Waals surface area (Å²) in [4.78, 5) is 26.3. The van der Waals surface area contributed by atoms with Crippen molar-refractivity contribution in [2.45, 2.75) is 44.6 Å². The molecule has 0 bridgehead atoms. The molecule has 0 atom stereocenters. The third-order valence-corrected chi connectivity index (χ3v) is 11.4. The number of piperazine rings is 1. The lowest BCUT2D eigenvalue weighted by Gasteiger charge is -2.43. The molecule has 0 unspecified atom stereocenters. The quantitative estimate of drug-likeness (QED) is 0.221. The molecular weight excluding hydrogens is 609 g/mol. The molecule has 7 rings (SSSR count). The van der Waals surface area contributed by atoms with Gasteiger partial charge >= 0.3 is 0 Å². The van der Waals surface area contributed by atoms with Crippen LogP contribution in [0.5, 0.6) is 5.75 Å². The molecule has 3 aliphatic rings. The number of likely N-dealkylation sites (N-methyl/N-ethyl adjacent to an activating group) is 1. The Morgan fingerprint density at radius 3 is 2.34 bits per heavy atom.